The molecule has 2 unspecified atom stereocenters. The topological polar surface area (TPSA) is 55.4 Å². The Morgan fingerprint density at radius 1 is 1.33 bits per heavy atom. The van der Waals surface area contributed by atoms with E-state index in [1.54, 1.807) is 0 Å². The number of ether oxygens (including phenoxy) is 1. The van der Waals surface area contributed by atoms with E-state index < -0.39 is 9.84 Å². The summed E-state index contributed by atoms with van der Waals surface area (Å²) in [5.41, 5.74) is 2.71. The van der Waals surface area contributed by atoms with Gasteiger partial charge >= 0.3 is 0 Å². The highest BCUT2D eigenvalue weighted by Crippen LogP contribution is 2.33. The predicted octanol–water partition coefficient (Wildman–Crippen LogP) is 2.24. The summed E-state index contributed by atoms with van der Waals surface area (Å²) in [6.07, 6.45) is 3.91. The van der Waals surface area contributed by atoms with Crippen molar-refractivity contribution in [2.45, 2.75) is 44.8 Å². The molecular formula is C16H23NO3S. The van der Waals surface area contributed by atoms with Crippen molar-refractivity contribution in [2.75, 3.05) is 18.1 Å². The molecule has 1 N–H and O–H groups in total. The minimum Gasteiger partial charge on any atom is -0.489 e. The normalized spacial score (nSPS) is 27.3. The van der Waals surface area contributed by atoms with Gasteiger partial charge in [0.25, 0.3) is 0 Å². The molecule has 0 bridgehead atoms. The van der Waals surface area contributed by atoms with Gasteiger partial charge in [-0.25, -0.2) is 8.42 Å². The van der Waals surface area contributed by atoms with Gasteiger partial charge in [0.05, 0.1) is 11.5 Å². The number of hydrogen-bond donors (Lipinski definition) is 1. The van der Waals surface area contributed by atoms with E-state index in [0.717, 1.165) is 25.1 Å². The lowest BCUT2D eigenvalue weighted by Gasteiger charge is -2.27. The highest BCUT2D eigenvalue weighted by Gasteiger charge is 2.29. The van der Waals surface area contributed by atoms with Crippen molar-refractivity contribution < 1.29 is 13.2 Å². The molecule has 1 aromatic rings. The van der Waals surface area contributed by atoms with Gasteiger partial charge in [-0.1, -0.05) is 13.0 Å². The average Bonchev–Trinajstić information content (AvgIpc) is 2.79. The number of hydrogen-bond acceptors (Lipinski definition) is 4. The van der Waals surface area contributed by atoms with Crippen molar-refractivity contribution in [2.24, 2.45) is 0 Å². The number of rotatable bonds is 4. The van der Waals surface area contributed by atoms with Gasteiger partial charge in [-0.2, -0.15) is 0 Å². The summed E-state index contributed by atoms with van der Waals surface area (Å²) in [6.45, 7) is 3.08. The SMILES string of the molecule is CCNC1CCCc2ccc(OC3CCS(=O)(=O)C3)cc21. The van der Waals surface area contributed by atoms with E-state index in [9.17, 15) is 8.42 Å². The average molecular weight is 309 g/mol. The molecule has 0 aromatic heterocycles. The number of nitrogens with one attached hydrogen (secondary N) is 1. The number of benzene rings is 1. The quantitative estimate of drug-likeness (QED) is 0.927. The predicted molar refractivity (Wildman–Crippen MR) is 83.5 cm³/mol. The molecule has 2 atom stereocenters. The van der Waals surface area contributed by atoms with Crippen LogP contribution in [0.4, 0.5) is 0 Å². The van der Waals surface area contributed by atoms with Gasteiger partial charge in [0.2, 0.25) is 0 Å². The van der Waals surface area contributed by atoms with E-state index in [0.29, 0.717) is 12.5 Å². The molecule has 3 rings (SSSR count). The van der Waals surface area contributed by atoms with Crippen LogP contribution in [0.15, 0.2) is 18.2 Å². The van der Waals surface area contributed by atoms with Crippen LogP contribution in [0.5, 0.6) is 5.75 Å². The van der Waals surface area contributed by atoms with Gasteiger partial charge in [0.1, 0.15) is 11.9 Å². The molecular weight excluding hydrogens is 286 g/mol. The van der Waals surface area contributed by atoms with Gasteiger partial charge in [-0.15, -0.1) is 0 Å². The number of aryl methyl sites for hydroxylation is 1. The fraction of sp³-hybridized carbons (Fsp3) is 0.625. The first-order valence-electron chi connectivity index (χ1n) is 7.80. The summed E-state index contributed by atoms with van der Waals surface area (Å²) in [4.78, 5) is 0. The lowest BCUT2D eigenvalue weighted by molar-refractivity contribution is 0.228. The third kappa shape index (κ3) is 3.40. The Kier molecular flexibility index (Phi) is 4.22. The van der Waals surface area contributed by atoms with E-state index in [4.69, 9.17) is 4.74 Å². The fourth-order valence-corrected chi connectivity index (χ4v) is 4.95. The number of sulfone groups is 1. The molecule has 1 fully saturated rings. The maximum Gasteiger partial charge on any atom is 0.154 e. The second-order valence-electron chi connectivity index (χ2n) is 6.01. The van der Waals surface area contributed by atoms with Crippen molar-refractivity contribution in [3.63, 3.8) is 0 Å². The van der Waals surface area contributed by atoms with Crippen LogP contribution < -0.4 is 10.1 Å². The van der Waals surface area contributed by atoms with Crippen LogP contribution in [0.25, 0.3) is 0 Å². The third-order valence-electron chi connectivity index (χ3n) is 4.38. The molecule has 0 amide bonds. The van der Waals surface area contributed by atoms with Crippen molar-refractivity contribution in [1.29, 1.82) is 0 Å². The summed E-state index contributed by atoms with van der Waals surface area (Å²) >= 11 is 0. The summed E-state index contributed by atoms with van der Waals surface area (Å²) in [6, 6.07) is 6.62. The Labute approximate surface area is 126 Å². The first kappa shape index (κ1) is 14.9. The van der Waals surface area contributed by atoms with Gasteiger partial charge in [0, 0.05) is 6.04 Å². The van der Waals surface area contributed by atoms with Crippen molar-refractivity contribution in [1.82, 2.24) is 5.32 Å². The zero-order chi connectivity index (χ0) is 14.9. The second-order valence-corrected chi connectivity index (χ2v) is 8.23. The Bertz CT molecular complexity index is 612. The molecule has 0 spiro atoms. The smallest absolute Gasteiger partial charge is 0.154 e. The highest BCUT2D eigenvalue weighted by molar-refractivity contribution is 7.91. The third-order valence-corrected chi connectivity index (χ3v) is 6.11. The highest BCUT2D eigenvalue weighted by atomic mass is 32.2. The standard InChI is InChI=1S/C16H23NO3S/c1-2-17-16-5-3-4-12-6-7-13(10-15(12)16)20-14-8-9-21(18,19)11-14/h6-7,10,14,16-17H,2-5,8-9,11H2,1H3. The molecule has 4 nitrogen and oxygen atoms in total. The first-order chi connectivity index (χ1) is 10.1. The largest absolute Gasteiger partial charge is 0.489 e. The Morgan fingerprint density at radius 3 is 2.90 bits per heavy atom. The number of fused-ring (bicyclic) bond motifs is 1. The Morgan fingerprint density at radius 2 is 2.19 bits per heavy atom. The van der Waals surface area contributed by atoms with Crippen molar-refractivity contribution in [3.05, 3.63) is 29.3 Å². The molecule has 0 saturated carbocycles. The Hall–Kier alpha value is -1.07. The molecule has 1 aliphatic heterocycles. The fourth-order valence-electron chi connectivity index (χ4n) is 3.36. The lowest BCUT2D eigenvalue weighted by atomic mass is 9.87. The van der Waals surface area contributed by atoms with Crippen LogP contribution in [-0.4, -0.2) is 32.6 Å². The summed E-state index contributed by atoms with van der Waals surface area (Å²) in [5, 5.41) is 3.52. The minimum absolute atomic E-state index is 0.153. The van der Waals surface area contributed by atoms with Gasteiger partial charge < -0.3 is 10.1 Å². The minimum atomic E-state index is -2.89. The van der Waals surface area contributed by atoms with E-state index >= 15 is 0 Å². The van der Waals surface area contributed by atoms with Crippen LogP contribution in [0.1, 0.15) is 43.4 Å². The van der Waals surface area contributed by atoms with Gasteiger partial charge in [0.15, 0.2) is 9.84 Å². The second kappa shape index (κ2) is 5.97. The molecule has 1 aromatic carbocycles. The molecule has 21 heavy (non-hydrogen) atoms. The molecule has 116 valence electrons. The van der Waals surface area contributed by atoms with E-state index in [1.807, 2.05) is 6.07 Å². The summed E-state index contributed by atoms with van der Waals surface area (Å²) < 4.78 is 28.9. The van der Waals surface area contributed by atoms with Crippen LogP contribution in [0, 0.1) is 0 Å². The maximum atomic E-state index is 11.5. The summed E-state index contributed by atoms with van der Waals surface area (Å²) in [5.74, 6) is 1.21. The molecule has 1 saturated heterocycles. The monoisotopic (exact) mass is 309 g/mol. The zero-order valence-electron chi connectivity index (χ0n) is 12.5. The summed E-state index contributed by atoms with van der Waals surface area (Å²) in [7, 11) is -2.89. The van der Waals surface area contributed by atoms with Crippen molar-refractivity contribution in [3.8, 4) is 5.75 Å². The van der Waals surface area contributed by atoms with Crippen LogP contribution in [0.3, 0.4) is 0 Å². The van der Waals surface area contributed by atoms with Crippen LogP contribution >= 0.6 is 0 Å². The zero-order valence-corrected chi connectivity index (χ0v) is 13.3. The van der Waals surface area contributed by atoms with Gasteiger partial charge in [-0.3, -0.25) is 0 Å². The van der Waals surface area contributed by atoms with Crippen LogP contribution in [0.2, 0.25) is 0 Å². The lowest BCUT2D eigenvalue weighted by Crippen LogP contribution is -2.25. The van der Waals surface area contributed by atoms with Crippen LogP contribution in [-0.2, 0) is 16.3 Å². The molecule has 2 aliphatic rings. The van der Waals surface area contributed by atoms with Crippen molar-refractivity contribution >= 4 is 9.84 Å². The molecule has 1 heterocycles. The van der Waals surface area contributed by atoms with Gasteiger partial charge in [-0.05, 0) is 55.5 Å². The van der Waals surface area contributed by atoms with E-state index in [1.165, 1.54) is 17.5 Å². The molecule has 5 heteroatoms. The maximum absolute atomic E-state index is 11.5. The molecule has 1 aliphatic carbocycles. The van der Waals surface area contributed by atoms with E-state index in [-0.39, 0.29) is 17.6 Å². The Balaban J connectivity index is 1.77. The first-order valence-corrected chi connectivity index (χ1v) is 9.63. The van der Waals surface area contributed by atoms with E-state index in [2.05, 4.69) is 24.4 Å². The molecule has 0 radical (unpaired) electrons.